The van der Waals surface area contributed by atoms with Gasteiger partial charge in [0.2, 0.25) is 0 Å². The zero-order chi connectivity index (χ0) is 22.8. The lowest BCUT2D eigenvalue weighted by Crippen LogP contribution is -2.33. The first kappa shape index (κ1) is 20.8. The first-order chi connectivity index (χ1) is 16.2. The molecule has 8 nitrogen and oxygen atoms in total. The average Bonchev–Trinajstić information content (AvgIpc) is 3.49. The predicted octanol–water partition coefficient (Wildman–Crippen LogP) is 4.59. The zero-order valence-corrected chi connectivity index (χ0v) is 18.6. The monoisotopic (exact) mass is 443 g/mol. The van der Waals surface area contributed by atoms with Crippen LogP contribution in [-0.2, 0) is 0 Å². The van der Waals surface area contributed by atoms with E-state index in [1.165, 1.54) is 0 Å². The number of aromatic nitrogens is 3. The van der Waals surface area contributed by atoms with Crippen molar-refractivity contribution in [3.05, 3.63) is 66.9 Å². The molecule has 1 aliphatic rings. The van der Waals surface area contributed by atoms with Crippen LogP contribution in [0, 0.1) is 0 Å². The molecule has 1 N–H and O–H groups in total. The summed E-state index contributed by atoms with van der Waals surface area (Å²) in [5, 5.41) is 2.97. The molecule has 2 aromatic heterocycles. The lowest BCUT2D eigenvalue weighted by molar-refractivity contribution is 0.221. The molecule has 1 atom stereocenters. The third-order valence-corrected chi connectivity index (χ3v) is 5.95. The number of benzene rings is 2. The summed E-state index contributed by atoms with van der Waals surface area (Å²) in [6.45, 7) is 1.23. The number of urea groups is 1. The molecule has 0 aliphatic carbocycles. The molecular weight excluding hydrogens is 418 g/mol. The number of fused-ring (bicyclic) bond motifs is 1. The van der Waals surface area contributed by atoms with Gasteiger partial charge in [0.1, 0.15) is 22.8 Å². The molecule has 5 rings (SSSR count). The Morgan fingerprint density at radius 2 is 1.70 bits per heavy atom. The second kappa shape index (κ2) is 8.82. The van der Waals surface area contributed by atoms with Gasteiger partial charge in [-0.1, -0.05) is 0 Å². The summed E-state index contributed by atoms with van der Waals surface area (Å²) in [7, 11) is 3.27. The molecule has 0 bridgehead atoms. The average molecular weight is 444 g/mol. The fourth-order valence-electron chi connectivity index (χ4n) is 4.23. The summed E-state index contributed by atoms with van der Waals surface area (Å²) in [5.41, 5.74) is 3.38. The number of amides is 2. The molecule has 168 valence electrons. The molecule has 8 heteroatoms. The third-order valence-electron chi connectivity index (χ3n) is 5.95. The summed E-state index contributed by atoms with van der Waals surface area (Å²) in [6, 6.07) is 19.0. The normalized spacial score (nSPS) is 15.6. The van der Waals surface area contributed by atoms with Gasteiger partial charge in [-0.2, -0.15) is 0 Å². The van der Waals surface area contributed by atoms with Crippen molar-refractivity contribution >= 4 is 22.9 Å². The number of carbonyl (C=O) groups excluding carboxylic acids is 1. The highest BCUT2D eigenvalue weighted by molar-refractivity contribution is 5.89. The minimum absolute atomic E-state index is 0.0728. The fraction of sp³-hybridized carbons (Fsp3) is 0.240. The van der Waals surface area contributed by atoms with E-state index in [1.807, 2.05) is 65.6 Å². The van der Waals surface area contributed by atoms with Gasteiger partial charge in [-0.25, -0.2) is 14.8 Å². The summed E-state index contributed by atoms with van der Waals surface area (Å²) < 4.78 is 12.6. The Labute approximate surface area is 191 Å². The number of hydrogen-bond acceptors (Lipinski definition) is 5. The molecule has 0 spiro atoms. The van der Waals surface area contributed by atoms with Crippen LogP contribution in [0.1, 0.15) is 12.5 Å². The molecule has 4 aromatic rings. The summed E-state index contributed by atoms with van der Waals surface area (Å²) in [6.07, 6.45) is 2.60. The number of hydrogen-bond donors (Lipinski definition) is 1. The maximum absolute atomic E-state index is 12.9. The van der Waals surface area contributed by atoms with Gasteiger partial charge in [-0.15, -0.1) is 0 Å². The van der Waals surface area contributed by atoms with Crippen LogP contribution in [0.15, 0.2) is 66.9 Å². The smallest absolute Gasteiger partial charge is 0.321 e. The SMILES string of the molecule is COc1ccc(NC(=O)N2CC[C@@H](n3c(-c4ccc(OC)cc4)nc4cccnc43)C2)cc1. The van der Waals surface area contributed by atoms with Gasteiger partial charge < -0.3 is 24.3 Å². The fourth-order valence-corrected chi connectivity index (χ4v) is 4.23. The second-order valence-electron chi connectivity index (χ2n) is 7.93. The Morgan fingerprint density at radius 3 is 2.39 bits per heavy atom. The molecule has 2 aromatic carbocycles. The van der Waals surface area contributed by atoms with Crippen LogP contribution in [0.2, 0.25) is 0 Å². The number of likely N-dealkylation sites (tertiary alicyclic amines) is 1. The molecule has 0 saturated carbocycles. The van der Waals surface area contributed by atoms with Crippen molar-refractivity contribution in [2.24, 2.45) is 0 Å². The van der Waals surface area contributed by atoms with Gasteiger partial charge in [0.15, 0.2) is 5.65 Å². The molecule has 0 radical (unpaired) electrons. The van der Waals surface area contributed by atoms with Crippen molar-refractivity contribution in [1.29, 1.82) is 0 Å². The lowest BCUT2D eigenvalue weighted by atomic mass is 10.2. The second-order valence-corrected chi connectivity index (χ2v) is 7.93. The molecule has 1 aliphatic heterocycles. The minimum Gasteiger partial charge on any atom is -0.497 e. The molecule has 1 fully saturated rings. The summed E-state index contributed by atoms with van der Waals surface area (Å²) in [5.74, 6) is 2.38. The number of methoxy groups -OCH3 is 2. The largest absolute Gasteiger partial charge is 0.497 e. The van der Waals surface area contributed by atoms with Gasteiger partial charge in [0.25, 0.3) is 0 Å². The first-order valence-electron chi connectivity index (χ1n) is 10.8. The van der Waals surface area contributed by atoms with E-state index in [9.17, 15) is 4.79 Å². The quantitative estimate of drug-likeness (QED) is 0.488. The van der Waals surface area contributed by atoms with Crippen molar-refractivity contribution in [2.75, 3.05) is 32.6 Å². The minimum atomic E-state index is -0.119. The van der Waals surface area contributed by atoms with Gasteiger partial charge in [-0.3, -0.25) is 0 Å². The van der Waals surface area contributed by atoms with E-state index >= 15 is 0 Å². The number of anilines is 1. The van der Waals surface area contributed by atoms with E-state index < -0.39 is 0 Å². The van der Waals surface area contributed by atoms with Gasteiger partial charge in [0, 0.05) is 30.5 Å². The van der Waals surface area contributed by atoms with E-state index in [0.717, 1.165) is 46.2 Å². The summed E-state index contributed by atoms with van der Waals surface area (Å²) >= 11 is 0. The Kier molecular flexibility index (Phi) is 5.56. The van der Waals surface area contributed by atoms with Gasteiger partial charge in [0.05, 0.1) is 20.3 Å². The first-order valence-corrected chi connectivity index (χ1v) is 10.8. The number of imidazole rings is 1. The highest BCUT2D eigenvalue weighted by Gasteiger charge is 2.31. The van der Waals surface area contributed by atoms with E-state index in [0.29, 0.717) is 13.1 Å². The number of nitrogens with one attached hydrogen (secondary N) is 1. The molecular formula is C25H25N5O3. The van der Waals surface area contributed by atoms with Crippen LogP contribution >= 0.6 is 0 Å². The molecule has 1 saturated heterocycles. The number of pyridine rings is 1. The molecule has 2 amide bonds. The zero-order valence-electron chi connectivity index (χ0n) is 18.6. The van der Waals surface area contributed by atoms with E-state index in [4.69, 9.17) is 14.5 Å². The van der Waals surface area contributed by atoms with E-state index in [1.54, 1.807) is 20.4 Å². The molecule has 0 unspecified atom stereocenters. The Morgan fingerprint density at radius 1 is 1.00 bits per heavy atom. The molecule has 33 heavy (non-hydrogen) atoms. The van der Waals surface area contributed by atoms with E-state index in [2.05, 4.69) is 14.9 Å². The number of rotatable bonds is 5. The Balaban J connectivity index is 1.40. The Hall–Kier alpha value is -4.07. The Bertz CT molecular complexity index is 1270. The number of ether oxygens (including phenoxy) is 2. The van der Waals surface area contributed by atoms with Crippen LogP contribution in [0.25, 0.3) is 22.6 Å². The number of carbonyl (C=O) groups is 1. The predicted molar refractivity (Wildman–Crippen MR) is 127 cm³/mol. The van der Waals surface area contributed by atoms with Crippen LogP contribution in [-0.4, -0.2) is 52.8 Å². The highest BCUT2D eigenvalue weighted by atomic mass is 16.5. The van der Waals surface area contributed by atoms with Crippen molar-refractivity contribution in [3.8, 4) is 22.9 Å². The van der Waals surface area contributed by atoms with Crippen LogP contribution < -0.4 is 14.8 Å². The van der Waals surface area contributed by atoms with E-state index in [-0.39, 0.29) is 12.1 Å². The maximum Gasteiger partial charge on any atom is 0.321 e. The van der Waals surface area contributed by atoms with Crippen molar-refractivity contribution in [1.82, 2.24) is 19.4 Å². The maximum atomic E-state index is 12.9. The lowest BCUT2D eigenvalue weighted by Gasteiger charge is -2.19. The number of nitrogens with zero attached hydrogens (tertiary/aromatic N) is 4. The van der Waals surface area contributed by atoms with Crippen molar-refractivity contribution in [2.45, 2.75) is 12.5 Å². The van der Waals surface area contributed by atoms with Gasteiger partial charge in [-0.05, 0) is 67.1 Å². The highest BCUT2D eigenvalue weighted by Crippen LogP contribution is 2.33. The topological polar surface area (TPSA) is 81.5 Å². The third kappa shape index (κ3) is 4.07. The van der Waals surface area contributed by atoms with Crippen LogP contribution in [0.4, 0.5) is 10.5 Å². The van der Waals surface area contributed by atoms with Crippen LogP contribution in [0.3, 0.4) is 0 Å². The van der Waals surface area contributed by atoms with Crippen molar-refractivity contribution < 1.29 is 14.3 Å². The molecule has 3 heterocycles. The standard InChI is InChI=1S/C25H25N5O3/c1-32-20-9-5-17(6-10-20)23-28-22-4-3-14-26-24(22)30(23)19-13-15-29(16-19)25(31)27-18-7-11-21(33-2)12-8-18/h3-12,14,19H,13,15-16H2,1-2H3,(H,27,31)/t19-/m1/s1. The van der Waals surface area contributed by atoms with Gasteiger partial charge >= 0.3 is 6.03 Å². The van der Waals surface area contributed by atoms with Crippen molar-refractivity contribution in [3.63, 3.8) is 0 Å². The summed E-state index contributed by atoms with van der Waals surface area (Å²) in [4.78, 5) is 24.2. The van der Waals surface area contributed by atoms with Crippen LogP contribution in [0.5, 0.6) is 11.5 Å².